The summed E-state index contributed by atoms with van der Waals surface area (Å²) < 4.78 is 66.9. The van der Waals surface area contributed by atoms with E-state index < -0.39 is 36.8 Å². The van der Waals surface area contributed by atoms with Crippen molar-refractivity contribution in [2.75, 3.05) is 15.3 Å². The number of aryl methyl sites for hydroxylation is 2. The zero-order valence-corrected chi connectivity index (χ0v) is 17.4. The van der Waals surface area contributed by atoms with Crippen LogP contribution in [0.15, 0.2) is 41.3 Å². The van der Waals surface area contributed by atoms with Gasteiger partial charge in [0, 0.05) is 6.04 Å². The van der Waals surface area contributed by atoms with Crippen molar-refractivity contribution in [3.63, 3.8) is 0 Å². The Bertz CT molecular complexity index is 1060. The van der Waals surface area contributed by atoms with Crippen LogP contribution in [0, 0.1) is 19.7 Å². The Hall–Kier alpha value is -2.13. The summed E-state index contributed by atoms with van der Waals surface area (Å²) in [4.78, 5) is -0.517. The minimum atomic E-state index is -4.20. The summed E-state index contributed by atoms with van der Waals surface area (Å²) in [5.74, 6) is -1.03. The van der Waals surface area contributed by atoms with Crippen LogP contribution in [0.25, 0.3) is 0 Å². The third-order valence-electron chi connectivity index (χ3n) is 3.84. The van der Waals surface area contributed by atoms with Crippen molar-refractivity contribution in [2.24, 2.45) is 0 Å². The van der Waals surface area contributed by atoms with E-state index in [-0.39, 0.29) is 5.69 Å². The largest absolute Gasteiger partial charge is 0.284 e. The fourth-order valence-corrected chi connectivity index (χ4v) is 5.06. The van der Waals surface area contributed by atoms with Crippen LogP contribution in [0.4, 0.5) is 15.8 Å². The van der Waals surface area contributed by atoms with Gasteiger partial charge in [-0.2, -0.15) is 0 Å². The Morgan fingerprint density at radius 2 is 1.63 bits per heavy atom. The first-order valence-electron chi connectivity index (χ1n) is 8.22. The van der Waals surface area contributed by atoms with E-state index in [0.717, 1.165) is 29.5 Å². The molecule has 2 aromatic rings. The maximum absolute atomic E-state index is 14.6. The predicted octanol–water partition coefficient (Wildman–Crippen LogP) is 3.42. The lowest BCUT2D eigenvalue weighted by molar-refractivity contribution is 0.559. The summed E-state index contributed by atoms with van der Waals surface area (Å²) in [6.07, 6.45) is 0.927. The van der Waals surface area contributed by atoms with E-state index in [1.165, 1.54) is 10.4 Å². The van der Waals surface area contributed by atoms with E-state index in [4.69, 9.17) is 0 Å². The lowest BCUT2D eigenvalue weighted by Gasteiger charge is -2.30. The Morgan fingerprint density at radius 1 is 1.00 bits per heavy atom. The van der Waals surface area contributed by atoms with E-state index >= 15 is 0 Å². The average molecular weight is 415 g/mol. The van der Waals surface area contributed by atoms with Crippen LogP contribution in [0.1, 0.15) is 25.0 Å². The highest BCUT2D eigenvalue weighted by molar-refractivity contribution is 7.93. The minimum absolute atomic E-state index is 0.0446. The number of sulfonamides is 2. The van der Waals surface area contributed by atoms with E-state index in [2.05, 4.69) is 4.72 Å². The molecule has 0 unspecified atom stereocenters. The molecule has 148 valence electrons. The van der Waals surface area contributed by atoms with E-state index in [1.807, 2.05) is 19.1 Å². The summed E-state index contributed by atoms with van der Waals surface area (Å²) in [6.45, 7) is 7.04. The van der Waals surface area contributed by atoms with E-state index in [0.29, 0.717) is 5.69 Å². The third kappa shape index (κ3) is 4.78. The monoisotopic (exact) mass is 414 g/mol. The minimum Gasteiger partial charge on any atom is -0.284 e. The van der Waals surface area contributed by atoms with Gasteiger partial charge >= 0.3 is 0 Å². The fourth-order valence-electron chi connectivity index (χ4n) is 2.74. The number of hydrogen-bond donors (Lipinski definition) is 1. The third-order valence-corrected chi connectivity index (χ3v) is 6.47. The molecule has 0 aliphatic heterocycles. The molecule has 0 radical (unpaired) electrons. The van der Waals surface area contributed by atoms with Crippen molar-refractivity contribution in [3.05, 3.63) is 53.3 Å². The second-order valence-corrected chi connectivity index (χ2v) is 10.2. The molecule has 9 heteroatoms. The molecular formula is C18H23FN2O4S2. The normalized spacial score (nSPS) is 12.3. The molecule has 0 bridgehead atoms. The van der Waals surface area contributed by atoms with Gasteiger partial charge in [0.25, 0.3) is 10.0 Å². The lowest BCUT2D eigenvalue weighted by Crippen LogP contribution is -2.38. The molecule has 0 atom stereocenters. The molecule has 0 heterocycles. The molecule has 1 N–H and O–H groups in total. The van der Waals surface area contributed by atoms with Crippen LogP contribution in [-0.4, -0.2) is 29.1 Å². The summed E-state index contributed by atoms with van der Waals surface area (Å²) in [5.41, 5.74) is 2.05. The van der Waals surface area contributed by atoms with Gasteiger partial charge in [-0.3, -0.25) is 9.03 Å². The van der Waals surface area contributed by atoms with Crippen molar-refractivity contribution in [1.29, 1.82) is 0 Å². The molecule has 2 aromatic carbocycles. The number of benzene rings is 2. The number of halogens is 1. The zero-order chi connectivity index (χ0) is 20.6. The van der Waals surface area contributed by atoms with Gasteiger partial charge in [-0.15, -0.1) is 0 Å². The predicted molar refractivity (Wildman–Crippen MR) is 106 cm³/mol. The van der Waals surface area contributed by atoms with Crippen molar-refractivity contribution in [3.8, 4) is 0 Å². The highest BCUT2D eigenvalue weighted by Crippen LogP contribution is 2.31. The molecule has 0 saturated carbocycles. The Balaban J connectivity index is 2.59. The second-order valence-electron chi connectivity index (χ2n) is 6.70. The molecule has 0 amide bonds. The van der Waals surface area contributed by atoms with Gasteiger partial charge in [-0.1, -0.05) is 12.1 Å². The highest BCUT2D eigenvalue weighted by atomic mass is 32.2. The SMILES string of the molecule is Cc1ccc(C)c(N(C(C)C)S(=O)(=O)c2ccc(NS(C)(=O)=O)cc2F)c1. The van der Waals surface area contributed by atoms with Crippen LogP contribution < -0.4 is 9.03 Å². The number of nitrogens with zero attached hydrogens (tertiary/aromatic N) is 1. The summed E-state index contributed by atoms with van der Waals surface area (Å²) in [6, 6.07) is 8.11. The highest BCUT2D eigenvalue weighted by Gasteiger charge is 2.31. The quantitative estimate of drug-likeness (QED) is 0.785. The van der Waals surface area contributed by atoms with Crippen LogP contribution in [0.3, 0.4) is 0 Å². The van der Waals surface area contributed by atoms with Crippen LogP contribution in [-0.2, 0) is 20.0 Å². The van der Waals surface area contributed by atoms with Crippen LogP contribution in [0.5, 0.6) is 0 Å². The zero-order valence-electron chi connectivity index (χ0n) is 15.8. The standard InChI is InChI=1S/C18H23FN2O4S2/c1-12(2)21(17-10-13(3)6-7-14(17)4)27(24,25)18-9-8-15(11-16(18)19)20-26(5,22)23/h6-12,20H,1-5H3. The van der Waals surface area contributed by atoms with E-state index in [9.17, 15) is 21.2 Å². The molecular weight excluding hydrogens is 391 g/mol. The summed E-state index contributed by atoms with van der Waals surface area (Å²) in [7, 11) is -7.80. The summed E-state index contributed by atoms with van der Waals surface area (Å²) in [5, 5.41) is 0. The molecule has 27 heavy (non-hydrogen) atoms. The summed E-state index contributed by atoms with van der Waals surface area (Å²) >= 11 is 0. The number of rotatable bonds is 6. The maximum atomic E-state index is 14.6. The molecule has 0 spiro atoms. The first-order chi connectivity index (χ1) is 12.3. The van der Waals surface area contributed by atoms with Gasteiger partial charge in [0.2, 0.25) is 10.0 Å². The molecule has 0 aliphatic rings. The molecule has 2 rings (SSSR count). The number of anilines is 2. The molecule has 0 aromatic heterocycles. The Labute approximate surface area is 160 Å². The fraction of sp³-hybridized carbons (Fsp3) is 0.333. The van der Waals surface area contributed by atoms with Gasteiger partial charge in [-0.05, 0) is 63.1 Å². The van der Waals surface area contributed by atoms with E-state index in [1.54, 1.807) is 26.8 Å². The first kappa shape index (κ1) is 21.2. The molecule has 6 nitrogen and oxygen atoms in total. The number of nitrogens with one attached hydrogen (secondary N) is 1. The second kappa shape index (κ2) is 7.47. The topological polar surface area (TPSA) is 83.6 Å². The Morgan fingerprint density at radius 3 is 2.15 bits per heavy atom. The van der Waals surface area contributed by atoms with Crippen molar-refractivity contribution < 1.29 is 21.2 Å². The van der Waals surface area contributed by atoms with Gasteiger partial charge in [0.1, 0.15) is 10.7 Å². The molecule has 0 aliphatic carbocycles. The van der Waals surface area contributed by atoms with Crippen molar-refractivity contribution in [2.45, 2.75) is 38.6 Å². The first-order valence-corrected chi connectivity index (χ1v) is 11.5. The van der Waals surface area contributed by atoms with Crippen LogP contribution >= 0.6 is 0 Å². The van der Waals surface area contributed by atoms with Gasteiger partial charge < -0.3 is 0 Å². The van der Waals surface area contributed by atoms with Gasteiger partial charge in [0.05, 0.1) is 17.6 Å². The van der Waals surface area contributed by atoms with Crippen molar-refractivity contribution in [1.82, 2.24) is 0 Å². The molecule has 0 fully saturated rings. The van der Waals surface area contributed by atoms with Crippen molar-refractivity contribution >= 4 is 31.4 Å². The smallest absolute Gasteiger partial charge is 0.267 e. The lowest BCUT2D eigenvalue weighted by atomic mass is 10.1. The van der Waals surface area contributed by atoms with Gasteiger partial charge in [0.15, 0.2) is 0 Å². The van der Waals surface area contributed by atoms with Gasteiger partial charge in [-0.25, -0.2) is 21.2 Å². The van der Waals surface area contributed by atoms with Crippen LogP contribution in [0.2, 0.25) is 0 Å². The molecule has 0 saturated heterocycles. The average Bonchev–Trinajstić information content (AvgIpc) is 2.48. The maximum Gasteiger partial charge on any atom is 0.267 e. The number of hydrogen-bond acceptors (Lipinski definition) is 4. The Kier molecular flexibility index (Phi) is 5.86.